The molecule has 1 fully saturated rings. The van der Waals surface area contributed by atoms with E-state index in [1.807, 2.05) is 31.2 Å². The fraction of sp³-hybridized carbons (Fsp3) is 0.444. The first-order valence-corrected chi connectivity index (χ1v) is 8.37. The Balaban J connectivity index is 1.92. The maximum absolute atomic E-state index is 12.8. The molecule has 2 aromatic rings. The molecule has 1 saturated heterocycles. The van der Waals surface area contributed by atoms with Crippen LogP contribution in [0.4, 0.5) is 0 Å². The van der Waals surface area contributed by atoms with E-state index in [0.29, 0.717) is 19.8 Å². The van der Waals surface area contributed by atoms with E-state index in [2.05, 4.69) is 12.0 Å². The van der Waals surface area contributed by atoms with Crippen molar-refractivity contribution in [2.45, 2.75) is 32.7 Å². The zero-order chi connectivity index (χ0) is 17.1. The highest BCUT2D eigenvalue weighted by atomic mass is 16.5. The third-order valence-corrected chi connectivity index (χ3v) is 4.47. The molecule has 0 radical (unpaired) electrons. The third kappa shape index (κ3) is 3.14. The standard InChI is InChI=1S/C18H23N3O3/c1-3-14-6-4-5-7-15(14)21-12-16(22)17(19-21)18(23)20-9-11-24-10-8-13(20)2/h4-7,12-13,22H,3,8-11H2,1-2H3. The van der Waals surface area contributed by atoms with Crippen molar-refractivity contribution >= 4 is 5.91 Å². The summed E-state index contributed by atoms with van der Waals surface area (Å²) in [6.07, 6.45) is 3.13. The van der Waals surface area contributed by atoms with E-state index in [1.165, 1.54) is 6.20 Å². The number of carbonyl (C=O) groups excluding carboxylic acids is 1. The maximum atomic E-state index is 12.8. The second kappa shape index (κ2) is 7.05. The van der Waals surface area contributed by atoms with Crippen molar-refractivity contribution in [1.29, 1.82) is 0 Å². The number of benzene rings is 1. The van der Waals surface area contributed by atoms with Crippen LogP contribution in [0.5, 0.6) is 5.75 Å². The molecule has 1 aliphatic heterocycles. The van der Waals surface area contributed by atoms with Gasteiger partial charge in [0, 0.05) is 19.2 Å². The van der Waals surface area contributed by atoms with E-state index in [0.717, 1.165) is 24.1 Å². The summed E-state index contributed by atoms with van der Waals surface area (Å²) in [5, 5.41) is 14.6. The van der Waals surface area contributed by atoms with Crippen LogP contribution >= 0.6 is 0 Å². The van der Waals surface area contributed by atoms with Gasteiger partial charge in [-0.05, 0) is 31.4 Å². The Morgan fingerprint density at radius 1 is 1.38 bits per heavy atom. The predicted molar refractivity (Wildman–Crippen MR) is 90.5 cm³/mol. The lowest BCUT2D eigenvalue weighted by Crippen LogP contribution is -2.39. The van der Waals surface area contributed by atoms with Gasteiger partial charge in [-0.1, -0.05) is 25.1 Å². The highest BCUT2D eigenvalue weighted by molar-refractivity contribution is 5.95. The molecule has 24 heavy (non-hydrogen) atoms. The van der Waals surface area contributed by atoms with Crippen molar-refractivity contribution < 1.29 is 14.6 Å². The Labute approximate surface area is 141 Å². The average Bonchev–Trinajstić information content (AvgIpc) is 2.85. The van der Waals surface area contributed by atoms with Gasteiger partial charge in [0.1, 0.15) is 0 Å². The average molecular weight is 329 g/mol. The summed E-state index contributed by atoms with van der Waals surface area (Å²) >= 11 is 0. The van der Waals surface area contributed by atoms with Gasteiger partial charge in [-0.15, -0.1) is 0 Å². The van der Waals surface area contributed by atoms with Gasteiger partial charge in [-0.25, -0.2) is 4.68 Å². The molecule has 0 aliphatic carbocycles. The quantitative estimate of drug-likeness (QED) is 0.939. The molecule has 128 valence electrons. The zero-order valence-electron chi connectivity index (χ0n) is 14.1. The van der Waals surface area contributed by atoms with Crippen molar-refractivity contribution in [3.63, 3.8) is 0 Å². The lowest BCUT2D eigenvalue weighted by molar-refractivity contribution is 0.0677. The second-order valence-electron chi connectivity index (χ2n) is 6.04. The minimum absolute atomic E-state index is 0.0625. The zero-order valence-corrected chi connectivity index (χ0v) is 14.1. The van der Waals surface area contributed by atoms with Crippen LogP contribution in [0.3, 0.4) is 0 Å². The van der Waals surface area contributed by atoms with Gasteiger partial charge in [-0.3, -0.25) is 4.79 Å². The number of hydrogen-bond donors (Lipinski definition) is 1. The number of carbonyl (C=O) groups is 1. The van der Waals surface area contributed by atoms with Crippen LogP contribution in [0.25, 0.3) is 5.69 Å². The highest BCUT2D eigenvalue weighted by Gasteiger charge is 2.28. The number of amides is 1. The van der Waals surface area contributed by atoms with Crippen LogP contribution < -0.4 is 0 Å². The monoisotopic (exact) mass is 329 g/mol. The van der Waals surface area contributed by atoms with Gasteiger partial charge in [-0.2, -0.15) is 5.10 Å². The molecule has 0 spiro atoms. The molecule has 0 bridgehead atoms. The van der Waals surface area contributed by atoms with Crippen molar-refractivity contribution in [2.75, 3.05) is 19.8 Å². The highest BCUT2D eigenvalue weighted by Crippen LogP contribution is 2.23. The van der Waals surface area contributed by atoms with Crippen LogP contribution in [0.1, 0.15) is 36.3 Å². The van der Waals surface area contributed by atoms with Crippen LogP contribution in [0.2, 0.25) is 0 Å². The van der Waals surface area contributed by atoms with Gasteiger partial charge in [0.15, 0.2) is 11.4 Å². The molecular formula is C18H23N3O3. The molecule has 2 heterocycles. The number of aromatic hydroxyl groups is 1. The molecule has 1 unspecified atom stereocenters. The first kappa shape index (κ1) is 16.5. The minimum Gasteiger partial charge on any atom is -0.504 e. The fourth-order valence-corrected chi connectivity index (χ4v) is 3.01. The van der Waals surface area contributed by atoms with Crippen molar-refractivity contribution in [1.82, 2.24) is 14.7 Å². The van der Waals surface area contributed by atoms with Gasteiger partial charge in [0.25, 0.3) is 5.91 Å². The summed E-state index contributed by atoms with van der Waals surface area (Å²) in [7, 11) is 0. The predicted octanol–water partition coefficient (Wildman–Crippen LogP) is 2.39. The van der Waals surface area contributed by atoms with Gasteiger partial charge < -0.3 is 14.7 Å². The molecule has 1 amide bonds. The Kier molecular flexibility index (Phi) is 4.85. The maximum Gasteiger partial charge on any atom is 0.278 e. The lowest BCUT2D eigenvalue weighted by atomic mass is 10.1. The number of para-hydroxylation sites is 1. The molecule has 1 N–H and O–H groups in total. The normalized spacial score (nSPS) is 18.4. The molecule has 0 saturated carbocycles. The summed E-state index contributed by atoms with van der Waals surface area (Å²) < 4.78 is 7.02. The first-order chi connectivity index (χ1) is 11.6. The van der Waals surface area contributed by atoms with E-state index in [1.54, 1.807) is 9.58 Å². The molecule has 1 aliphatic rings. The Hall–Kier alpha value is -2.34. The van der Waals surface area contributed by atoms with E-state index in [9.17, 15) is 9.90 Å². The number of rotatable bonds is 3. The van der Waals surface area contributed by atoms with E-state index < -0.39 is 0 Å². The van der Waals surface area contributed by atoms with Crippen LogP contribution in [0.15, 0.2) is 30.5 Å². The van der Waals surface area contributed by atoms with Crippen LogP contribution in [-0.2, 0) is 11.2 Å². The topological polar surface area (TPSA) is 67.6 Å². The van der Waals surface area contributed by atoms with Crippen molar-refractivity contribution in [2.24, 2.45) is 0 Å². The number of ether oxygens (including phenoxy) is 1. The van der Waals surface area contributed by atoms with E-state index >= 15 is 0 Å². The number of nitrogens with zero attached hydrogens (tertiary/aromatic N) is 3. The number of aryl methyl sites for hydroxylation is 1. The van der Waals surface area contributed by atoms with E-state index in [4.69, 9.17) is 4.74 Å². The molecule has 6 nitrogen and oxygen atoms in total. The summed E-state index contributed by atoms with van der Waals surface area (Å²) in [5.41, 5.74) is 2.08. The smallest absolute Gasteiger partial charge is 0.278 e. The van der Waals surface area contributed by atoms with Crippen molar-refractivity contribution in [3.05, 3.63) is 41.7 Å². The molecule has 3 rings (SSSR count). The number of aromatic nitrogens is 2. The van der Waals surface area contributed by atoms with Gasteiger partial charge in [0.2, 0.25) is 0 Å². The Morgan fingerprint density at radius 3 is 2.96 bits per heavy atom. The summed E-state index contributed by atoms with van der Waals surface area (Å²) in [6, 6.07) is 7.90. The number of hydrogen-bond acceptors (Lipinski definition) is 4. The second-order valence-corrected chi connectivity index (χ2v) is 6.04. The minimum atomic E-state index is -0.252. The van der Waals surface area contributed by atoms with Crippen molar-refractivity contribution in [3.8, 4) is 11.4 Å². The SMILES string of the molecule is CCc1ccccc1-n1cc(O)c(C(=O)N2CCOCCC2C)n1. The molecular weight excluding hydrogens is 306 g/mol. The Morgan fingerprint density at radius 2 is 2.17 bits per heavy atom. The Bertz CT molecular complexity index is 726. The van der Waals surface area contributed by atoms with Crippen LogP contribution in [-0.4, -0.2) is 51.5 Å². The summed E-state index contributed by atoms with van der Waals surface area (Å²) in [5.74, 6) is -0.346. The van der Waals surface area contributed by atoms with Gasteiger partial charge >= 0.3 is 0 Å². The molecule has 6 heteroatoms. The third-order valence-electron chi connectivity index (χ3n) is 4.47. The summed E-state index contributed by atoms with van der Waals surface area (Å²) in [6.45, 7) is 5.73. The van der Waals surface area contributed by atoms with E-state index in [-0.39, 0.29) is 23.4 Å². The lowest BCUT2D eigenvalue weighted by Gasteiger charge is -2.25. The summed E-state index contributed by atoms with van der Waals surface area (Å²) in [4.78, 5) is 14.5. The van der Waals surface area contributed by atoms with Gasteiger partial charge in [0.05, 0.1) is 18.5 Å². The fourth-order valence-electron chi connectivity index (χ4n) is 3.01. The molecule has 1 atom stereocenters. The van der Waals surface area contributed by atoms with Crippen LogP contribution in [0, 0.1) is 0 Å². The molecule has 1 aromatic heterocycles. The largest absolute Gasteiger partial charge is 0.504 e. The molecule has 1 aromatic carbocycles. The first-order valence-electron chi connectivity index (χ1n) is 8.37.